The molecule has 0 spiro atoms. The van der Waals surface area contributed by atoms with Gasteiger partial charge in [-0.2, -0.15) is 0 Å². The molecule has 1 unspecified atom stereocenters. The Morgan fingerprint density at radius 2 is 2.08 bits per heavy atom. The molecule has 2 heterocycles. The first-order chi connectivity index (χ1) is 11.6. The van der Waals surface area contributed by atoms with E-state index in [9.17, 15) is 4.79 Å². The number of nitrogens with one attached hydrogen (secondary N) is 2. The molecule has 4 nitrogen and oxygen atoms in total. The number of imidazole rings is 1. The average molecular weight is 341 g/mol. The second-order valence-corrected chi connectivity index (χ2v) is 7.34. The second kappa shape index (κ2) is 7.62. The van der Waals surface area contributed by atoms with Gasteiger partial charge in [-0.05, 0) is 35.9 Å². The first-order valence-electron chi connectivity index (χ1n) is 8.40. The van der Waals surface area contributed by atoms with E-state index in [-0.39, 0.29) is 11.9 Å². The van der Waals surface area contributed by atoms with E-state index in [1.54, 1.807) is 11.3 Å². The lowest BCUT2D eigenvalue weighted by Gasteiger charge is -2.21. The molecule has 3 aromatic rings. The molecule has 2 aromatic heterocycles. The molecule has 0 aliphatic rings. The number of thiophene rings is 1. The predicted octanol–water partition coefficient (Wildman–Crippen LogP) is 4.46. The highest BCUT2D eigenvalue weighted by Crippen LogP contribution is 2.25. The SMILES string of the molecule is CC(C)C(NC(=O)CCCc1nc2ccccc2[nH]1)c1cccs1. The summed E-state index contributed by atoms with van der Waals surface area (Å²) in [6, 6.07) is 12.2. The first kappa shape index (κ1) is 16.7. The maximum atomic E-state index is 12.3. The summed E-state index contributed by atoms with van der Waals surface area (Å²) in [6.07, 6.45) is 2.10. The summed E-state index contributed by atoms with van der Waals surface area (Å²) < 4.78 is 0. The highest BCUT2D eigenvalue weighted by atomic mass is 32.1. The van der Waals surface area contributed by atoms with Crippen LogP contribution in [0.25, 0.3) is 11.0 Å². The summed E-state index contributed by atoms with van der Waals surface area (Å²) in [6.45, 7) is 4.28. The molecule has 2 N–H and O–H groups in total. The molecule has 1 atom stereocenters. The lowest BCUT2D eigenvalue weighted by Crippen LogP contribution is -2.31. The van der Waals surface area contributed by atoms with Crippen molar-refractivity contribution in [1.82, 2.24) is 15.3 Å². The van der Waals surface area contributed by atoms with Gasteiger partial charge in [0.05, 0.1) is 17.1 Å². The molecule has 0 aliphatic carbocycles. The van der Waals surface area contributed by atoms with Crippen molar-refractivity contribution in [2.24, 2.45) is 5.92 Å². The number of amides is 1. The number of fused-ring (bicyclic) bond motifs is 1. The quantitative estimate of drug-likeness (QED) is 0.666. The normalized spacial score (nSPS) is 12.6. The largest absolute Gasteiger partial charge is 0.348 e. The highest BCUT2D eigenvalue weighted by Gasteiger charge is 2.19. The van der Waals surface area contributed by atoms with E-state index in [1.165, 1.54) is 4.88 Å². The second-order valence-electron chi connectivity index (χ2n) is 6.36. The molecule has 1 amide bonds. The Kier molecular flexibility index (Phi) is 5.30. The first-order valence-corrected chi connectivity index (χ1v) is 9.28. The van der Waals surface area contributed by atoms with Crippen LogP contribution in [-0.2, 0) is 11.2 Å². The van der Waals surface area contributed by atoms with E-state index in [2.05, 4.69) is 40.6 Å². The molecule has 0 aliphatic heterocycles. The molecule has 24 heavy (non-hydrogen) atoms. The fourth-order valence-electron chi connectivity index (χ4n) is 2.82. The van der Waals surface area contributed by atoms with Gasteiger partial charge in [0.15, 0.2) is 0 Å². The van der Waals surface area contributed by atoms with Gasteiger partial charge in [0.2, 0.25) is 5.91 Å². The summed E-state index contributed by atoms with van der Waals surface area (Å²) in [7, 11) is 0. The van der Waals surface area contributed by atoms with Crippen LogP contribution in [0.15, 0.2) is 41.8 Å². The van der Waals surface area contributed by atoms with Gasteiger partial charge in [-0.1, -0.05) is 32.0 Å². The fourth-order valence-corrected chi connectivity index (χ4v) is 3.77. The van der Waals surface area contributed by atoms with E-state index < -0.39 is 0 Å². The third-order valence-electron chi connectivity index (χ3n) is 4.09. The summed E-state index contributed by atoms with van der Waals surface area (Å²) in [4.78, 5) is 21.4. The van der Waals surface area contributed by atoms with Crippen molar-refractivity contribution in [2.45, 2.75) is 39.2 Å². The molecule has 0 radical (unpaired) electrons. The number of benzene rings is 1. The van der Waals surface area contributed by atoms with Crippen molar-refractivity contribution in [3.05, 3.63) is 52.5 Å². The zero-order valence-electron chi connectivity index (χ0n) is 14.1. The average Bonchev–Trinajstić information content (AvgIpc) is 3.21. The molecule has 126 valence electrons. The van der Waals surface area contributed by atoms with Crippen molar-refractivity contribution >= 4 is 28.3 Å². The summed E-state index contributed by atoms with van der Waals surface area (Å²) in [5.74, 6) is 1.43. The van der Waals surface area contributed by atoms with Gasteiger partial charge in [0.25, 0.3) is 0 Å². The summed E-state index contributed by atoms with van der Waals surface area (Å²) in [5.41, 5.74) is 2.03. The van der Waals surface area contributed by atoms with E-state index >= 15 is 0 Å². The number of carbonyl (C=O) groups is 1. The Balaban J connectivity index is 1.51. The van der Waals surface area contributed by atoms with Crippen LogP contribution in [0.3, 0.4) is 0 Å². The van der Waals surface area contributed by atoms with E-state index in [0.717, 1.165) is 29.7 Å². The monoisotopic (exact) mass is 341 g/mol. The third-order valence-corrected chi connectivity index (χ3v) is 5.04. The van der Waals surface area contributed by atoms with Crippen LogP contribution < -0.4 is 5.32 Å². The number of aryl methyl sites for hydroxylation is 1. The maximum absolute atomic E-state index is 12.3. The van der Waals surface area contributed by atoms with E-state index in [1.807, 2.05) is 30.3 Å². The third kappa shape index (κ3) is 4.03. The maximum Gasteiger partial charge on any atom is 0.220 e. The van der Waals surface area contributed by atoms with E-state index in [4.69, 9.17) is 0 Å². The number of rotatable bonds is 7. The Bertz CT molecular complexity index is 759. The standard InChI is InChI=1S/C19H23N3OS/c1-13(2)19(16-9-6-12-24-16)22-18(23)11-5-10-17-20-14-7-3-4-8-15(14)21-17/h3-4,6-9,12-13,19H,5,10-11H2,1-2H3,(H,20,21)(H,22,23). The smallest absolute Gasteiger partial charge is 0.220 e. The molecule has 0 saturated heterocycles. The summed E-state index contributed by atoms with van der Waals surface area (Å²) in [5, 5.41) is 5.23. The van der Waals surface area contributed by atoms with Gasteiger partial charge in [0, 0.05) is 17.7 Å². The van der Waals surface area contributed by atoms with Crippen LogP contribution in [0.4, 0.5) is 0 Å². The number of nitrogens with zero attached hydrogens (tertiary/aromatic N) is 1. The minimum Gasteiger partial charge on any atom is -0.348 e. The number of H-pyrrole nitrogens is 1. The molecule has 0 saturated carbocycles. The van der Waals surface area contributed by atoms with Crippen LogP contribution >= 0.6 is 11.3 Å². The van der Waals surface area contributed by atoms with Gasteiger partial charge in [-0.15, -0.1) is 11.3 Å². The lowest BCUT2D eigenvalue weighted by atomic mass is 10.0. The number of para-hydroxylation sites is 2. The minimum atomic E-state index is 0.101. The van der Waals surface area contributed by atoms with Crippen molar-refractivity contribution in [1.29, 1.82) is 0 Å². The van der Waals surface area contributed by atoms with Crippen molar-refractivity contribution < 1.29 is 4.79 Å². The van der Waals surface area contributed by atoms with E-state index in [0.29, 0.717) is 12.3 Å². The number of aromatic nitrogens is 2. The molecule has 0 fully saturated rings. The zero-order chi connectivity index (χ0) is 16.9. The highest BCUT2D eigenvalue weighted by molar-refractivity contribution is 7.10. The van der Waals surface area contributed by atoms with Crippen molar-refractivity contribution in [3.8, 4) is 0 Å². The Labute approximate surface area is 146 Å². The zero-order valence-corrected chi connectivity index (χ0v) is 14.9. The Hall–Kier alpha value is -2.14. The molecular weight excluding hydrogens is 318 g/mol. The van der Waals surface area contributed by atoms with Gasteiger partial charge < -0.3 is 10.3 Å². The lowest BCUT2D eigenvalue weighted by molar-refractivity contribution is -0.122. The number of carbonyl (C=O) groups excluding carboxylic acids is 1. The molecular formula is C19H23N3OS. The van der Waals surface area contributed by atoms with Gasteiger partial charge >= 0.3 is 0 Å². The molecule has 1 aromatic carbocycles. The van der Waals surface area contributed by atoms with Crippen LogP contribution in [0, 0.1) is 5.92 Å². The number of hydrogen-bond donors (Lipinski definition) is 2. The van der Waals surface area contributed by atoms with Crippen LogP contribution in [0.5, 0.6) is 0 Å². The van der Waals surface area contributed by atoms with Crippen molar-refractivity contribution in [2.75, 3.05) is 0 Å². The topological polar surface area (TPSA) is 57.8 Å². The summed E-state index contributed by atoms with van der Waals surface area (Å²) >= 11 is 1.69. The Morgan fingerprint density at radius 1 is 1.25 bits per heavy atom. The molecule has 0 bridgehead atoms. The van der Waals surface area contributed by atoms with Crippen LogP contribution in [-0.4, -0.2) is 15.9 Å². The van der Waals surface area contributed by atoms with Gasteiger partial charge in [-0.25, -0.2) is 4.98 Å². The van der Waals surface area contributed by atoms with Crippen LogP contribution in [0.2, 0.25) is 0 Å². The van der Waals surface area contributed by atoms with Gasteiger partial charge in [0.1, 0.15) is 5.82 Å². The fraction of sp³-hybridized carbons (Fsp3) is 0.368. The number of aromatic amines is 1. The molecule has 5 heteroatoms. The van der Waals surface area contributed by atoms with Crippen molar-refractivity contribution in [3.63, 3.8) is 0 Å². The number of hydrogen-bond acceptors (Lipinski definition) is 3. The Morgan fingerprint density at radius 3 is 2.79 bits per heavy atom. The minimum absolute atomic E-state index is 0.101. The molecule has 3 rings (SSSR count). The van der Waals surface area contributed by atoms with Crippen LogP contribution in [0.1, 0.15) is 43.4 Å². The predicted molar refractivity (Wildman–Crippen MR) is 99.1 cm³/mol. The van der Waals surface area contributed by atoms with Gasteiger partial charge in [-0.3, -0.25) is 4.79 Å².